The molecule has 1 aromatic carbocycles. The highest BCUT2D eigenvalue weighted by Gasteiger charge is 2.50. The Morgan fingerprint density at radius 1 is 0.792 bits per heavy atom. The third-order valence-corrected chi connectivity index (χ3v) is 7.30. The predicted octanol–water partition coefficient (Wildman–Crippen LogP) is 4.87. The lowest BCUT2D eigenvalue weighted by atomic mass is 10.0. The quantitative estimate of drug-likeness (QED) is 0.209. The Bertz CT molecular complexity index is 1250. The van der Waals surface area contributed by atoms with Crippen molar-refractivity contribution in [3.05, 3.63) is 29.8 Å². The van der Waals surface area contributed by atoms with E-state index in [-0.39, 0.29) is 31.6 Å². The van der Waals surface area contributed by atoms with Crippen molar-refractivity contribution in [1.29, 1.82) is 0 Å². The maximum absolute atomic E-state index is 13.4. The van der Waals surface area contributed by atoms with Crippen molar-refractivity contribution in [3.63, 3.8) is 0 Å². The summed E-state index contributed by atoms with van der Waals surface area (Å²) < 4.78 is 33.4. The third kappa shape index (κ3) is 12.6. The zero-order valence-corrected chi connectivity index (χ0v) is 30.0. The summed E-state index contributed by atoms with van der Waals surface area (Å²) >= 11 is 0. The minimum Gasteiger partial charge on any atom is -0.497 e. The number of hydrogen-bond donors (Lipinski definition) is 2. The second-order valence-corrected chi connectivity index (χ2v) is 15.0. The van der Waals surface area contributed by atoms with Crippen molar-refractivity contribution < 1.29 is 47.6 Å². The second-order valence-electron chi connectivity index (χ2n) is 15.0. The number of ether oxygens (including phenoxy) is 6. The Labute approximate surface area is 284 Å². The van der Waals surface area contributed by atoms with Crippen LogP contribution in [-0.4, -0.2) is 115 Å². The van der Waals surface area contributed by atoms with Gasteiger partial charge in [0.1, 0.15) is 22.6 Å². The first-order valence-electron chi connectivity index (χ1n) is 16.4. The molecule has 2 saturated heterocycles. The van der Waals surface area contributed by atoms with Crippen molar-refractivity contribution >= 4 is 24.4 Å². The SMILES string of the molecule is COc1ccc(C[C@@H]2[C@H](OC(=O)NCCN[C@@H]3CCN(C(=O)OC(C)(C)C)C3)[C@@H](OC(=O)OC(C)(C)C)CN2C(=O)OC(C)(C)C)cc1. The van der Waals surface area contributed by atoms with Crippen molar-refractivity contribution in [1.82, 2.24) is 20.4 Å². The monoisotopic (exact) mass is 678 g/mol. The van der Waals surface area contributed by atoms with Crippen LogP contribution in [0.4, 0.5) is 19.2 Å². The first-order valence-corrected chi connectivity index (χ1v) is 16.4. The summed E-state index contributed by atoms with van der Waals surface area (Å²) in [7, 11) is 1.57. The van der Waals surface area contributed by atoms with Gasteiger partial charge in [-0.1, -0.05) is 12.1 Å². The molecule has 0 spiro atoms. The normalized spacial score (nSPS) is 21.4. The molecule has 2 N–H and O–H groups in total. The molecule has 0 unspecified atom stereocenters. The van der Waals surface area contributed by atoms with E-state index in [0.717, 1.165) is 12.0 Å². The highest BCUT2D eigenvalue weighted by Crippen LogP contribution is 2.30. The largest absolute Gasteiger partial charge is 0.509 e. The van der Waals surface area contributed by atoms with Gasteiger partial charge in [0, 0.05) is 32.2 Å². The number of likely N-dealkylation sites (tertiary alicyclic amines) is 2. The Hall–Kier alpha value is -3.94. The van der Waals surface area contributed by atoms with Crippen molar-refractivity contribution in [2.45, 2.75) is 116 Å². The van der Waals surface area contributed by atoms with Crippen LogP contribution in [0.1, 0.15) is 74.3 Å². The smallest absolute Gasteiger partial charge is 0.497 e. The van der Waals surface area contributed by atoms with Crippen LogP contribution in [0.5, 0.6) is 5.75 Å². The molecule has 2 aliphatic rings. The molecule has 0 radical (unpaired) electrons. The van der Waals surface area contributed by atoms with E-state index in [1.165, 1.54) is 4.90 Å². The van der Waals surface area contributed by atoms with Gasteiger partial charge in [0.15, 0.2) is 12.2 Å². The molecule has 2 fully saturated rings. The summed E-state index contributed by atoms with van der Waals surface area (Å²) in [6, 6.07) is 6.61. The van der Waals surface area contributed by atoms with E-state index in [4.69, 9.17) is 28.4 Å². The van der Waals surface area contributed by atoms with E-state index in [1.54, 1.807) is 65.7 Å². The number of benzene rings is 1. The highest BCUT2D eigenvalue weighted by molar-refractivity contribution is 5.71. The zero-order valence-electron chi connectivity index (χ0n) is 30.0. The van der Waals surface area contributed by atoms with E-state index in [9.17, 15) is 19.2 Å². The number of alkyl carbamates (subject to hydrolysis) is 1. The van der Waals surface area contributed by atoms with E-state index in [0.29, 0.717) is 25.4 Å². The van der Waals surface area contributed by atoms with Crippen molar-refractivity contribution in [2.75, 3.05) is 39.8 Å². The van der Waals surface area contributed by atoms with Crippen LogP contribution < -0.4 is 15.4 Å². The van der Waals surface area contributed by atoms with Gasteiger partial charge in [-0.15, -0.1) is 0 Å². The minimum absolute atomic E-state index is 0.0491. The standard InChI is InChI=1S/C34H54N4O10/c1-32(2,3)46-29(40)37-18-15-23(20-37)35-16-17-36-28(39)45-27-25(19-22-11-13-24(43-10)14-12-22)38(30(41)47-33(4,5)6)21-26(27)44-31(42)48-34(7,8)9/h11-14,23,25-27,35H,15-21H2,1-10H3,(H,36,39)/t23-,25-,26+,27+/m1/s1. The van der Waals surface area contributed by atoms with Crippen LogP contribution >= 0.6 is 0 Å². The molecule has 0 aromatic heterocycles. The van der Waals surface area contributed by atoms with Crippen LogP contribution in [0.25, 0.3) is 0 Å². The summed E-state index contributed by atoms with van der Waals surface area (Å²) in [5.41, 5.74) is -1.36. The van der Waals surface area contributed by atoms with Crippen LogP contribution in [0.3, 0.4) is 0 Å². The fourth-order valence-corrected chi connectivity index (χ4v) is 5.30. The van der Waals surface area contributed by atoms with Crippen molar-refractivity contribution in [2.24, 2.45) is 0 Å². The molecule has 2 aliphatic heterocycles. The molecule has 3 amide bonds. The van der Waals surface area contributed by atoms with E-state index >= 15 is 0 Å². The number of hydrogen-bond acceptors (Lipinski definition) is 11. The van der Waals surface area contributed by atoms with Gasteiger partial charge in [0.05, 0.1) is 19.7 Å². The molecular formula is C34H54N4O10. The average Bonchev–Trinajstić information content (AvgIpc) is 3.54. The summed E-state index contributed by atoms with van der Waals surface area (Å²) in [5.74, 6) is 0.663. The average molecular weight is 679 g/mol. The Morgan fingerprint density at radius 2 is 1.40 bits per heavy atom. The highest BCUT2D eigenvalue weighted by atomic mass is 16.7. The molecule has 0 saturated carbocycles. The topological polar surface area (TPSA) is 154 Å². The third-order valence-electron chi connectivity index (χ3n) is 7.30. The fourth-order valence-electron chi connectivity index (χ4n) is 5.30. The molecule has 0 bridgehead atoms. The van der Waals surface area contributed by atoms with Gasteiger partial charge in [-0.05, 0) is 92.9 Å². The van der Waals surface area contributed by atoms with Gasteiger partial charge in [0.2, 0.25) is 0 Å². The minimum atomic E-state index is -1.04. The molecular weight excluding hydrogens is 624 g/mol. The molecule has 48 heavy (non-hydrogen) atoms. The number of amides is 3. The lowest BCUT2D eigenvalue weighted by Gasteiger charge is -2.30. The summed E-state index contributed by atoms with van der Waals surface area (Å²) in [4.78, 5) is 54.8. The van der Waals surface area contributed by atoms with Crippen LogP contribution in [0, 0.1) is 0 Å². The van der Waals surface area contributed by atoms with Crippen LogP contribution in [0.2, 0.25) is 0 Å². The molecule has 14 heteroatoms. The Morgan fingerprint density at radius 3 is 1.98 bits per heavy atom. The Balaban J connectivity index is 1.70. The predicted molar refractivity (Wildman–Crippen MR) is 177 cm³/mol. The summed E-state index contributed by atoms with van der Waals surface area (Å²) in [6.07, 6.45) is -3.72. The van der Waals surface area contributed by atoms with Gasteiger partial charge in [0.25, 0.3) is 0 Å². The molecule has 4 atom stereocenters. The molecule has 270 valence electrons. The van der Waals surface area contributed by atoms with Gasteiger partial charge in [-0.2, -0.15) is 0 Å². The molecule has 3 rings (SSSR count). The first kappa shape index (κ1) is 38.5. The summed E-state index contributed by atoms with van der Waals surface area (Å²) in [5, 5.41) is 6.08. The number of rotatable bonds is 9. The van der Waals surface area contributed by atoms with E-state index in [1.807, 2.05) is 32.9 Å². The molecule has 0 aliphatic carbocycles. The Kier molecular flexibility index (Phi) is 12.8. The lowest BCUT2D eigenvalue weighted by molar-refractivity contribution is -0.0517. The maximum atomic E-state index is 13.4. The summed E-state index contributed by atoms with van der Waals surface area (Å²) in [6.45, 7) is 17.5. The fraction of sp³-hybridized carbons (Fsp3) is 0.706. The molecule has 1 aromatic rings. The number of carbonyl (C=O) groups is 4. The maximum Gasteiger partial charge on any atom is 0.509 e. The first-order chi connectivity index (χ1) is 22.2. The number of nitrogens with one attached hydrogen (secondary N) is 2. The van der Waals surface area contributed by atoms with Gasteiger partial charge in [-0.25, -0.2) is 19.2 Å². The number of nitrogens with zero attached hydrogens (tertiary/aromatic N) is 2. The van der Waals surface area contributed by atoms with Gasteiger partial charge >= 0.3 is 24.4 Å². The van der Waals surface area contributed by atoms with E-state index in [2.05, 4.69) is 10.6 Å². The zero-order chi connectivity index (χ0) is 35.9. The van der Waals surface area contributed by atoms with Crippen molar-refractivity contribution in [3.8, 4) is 5.75 Å². The number of methoxy groups -OCH3 is 1. The molecule has 14 nitrogen and oxygen atoms in total. The van der Waals surface area contributed by atoms with Gasteiger partial charge in [-0.3, -0.25) is 4.90 Å². The molecule has 2 heterocycles. The number of carbonyl (C=O) groups excluding carboxylic acids is 4. The van der Waals surface area contributed by atoms with Crippen LogP contribution in [0.15, 0.2) is 24.3 Å². The second kappa shape index (κ2) is 16.0. The van der Waals surface area contributed by atoms with E-state index < -0.39 is 53.4 Å². The lowest BCUT2D eigenvalue weighted by Crippen LogP contribution is -2.47. The van der Waals surface area contributed by atoms with Gasteiger partial charge < -0.3 is 44.0 Å². The van der Waals surface area contributed by atoms with Crippen LogP contribution in [-0.2, 0) is 30.1 Å².